The lowest BCUT2D eigenvalue weighted by molar-refractivity contribution is 0.357. The zero-order valence-corrected chi connectivity index (χ0v) is 9.37. The molecule has 0 spiro atoms. The molecule has 0 bridgehead atoms. The second-order valence-electron chi connectivity index (χ2n) is 4.69. The van der Waals surface area contributed by atoms with E-state index in [0.29, 0.717) is 0 Å². The van der Waals surface area contributed by atoms with E-state index in [9.17, 15) is 0 Å². The Labute approximate surface area is 91.9 Å². The maximum Gasteiger partial charge on any atom is 0.0950 e. The molecule has 15 heavy (non-hydrogen) atoms. The first kappa shape index (κ1) is 10.4. The summed E-state index contributed by atoms with van der Waals surface area (Å²) in [6, 6.07) is 2.34. The van der Waals surface area contributed by atoms with Gasteiger partial charge >= 0.3 is 0 Å². The summed E-state index contributed by atoms with van der Waals surface area (Å²) in [5.41, 5.74) is 2.25. The van der Waals surface area contributed by atoms with Gasteiger partial charge in [0, 0.05) is 18.7 Å². The summed E-state index contributed by atoms with van der Waals surface area (Å²) in [4.78, 5) is 2.47. The van der Waals surface area contributed by atoms with Gasteiger partial charge in [-0.25, -0.2) is 0 Å². The van der Waals surface area contributed by atoms with Crippen LogP contribution in [-0.2, 0) is 0 Å². The van der Waals surface area contributed by atoms with E-state index < -0.39 is 0 Å². The second-order valence-corrected chi connectivity index (χ2v) is 4.69. The van der Waals surface area contributed by atoms with Crippen molar-refractivity contribution in [3.8, 4) is 6.07 Å². The molecule has 1 atom stereocenters. The van der Waals surface area contributed by atoms with Crippen molar-refractivity contribution < 1.29 is 0 Å². The normalized spacial score (nSPS) is 27.1. The Morgan fingerprint density at radius 3 is 3.13 bits per heavy atom. The van der Waals surface area contributed by atoms with Crippen LogP contribution in [0.2, 0.25) is 0 Å². The van der Waals surface area contributed by atoms with Gasteiger partial charge < -0.3 is 0 Å². The molecule has 0 radical (unpaired) electrons. The summed E-state index contributed by atoms with van der Waals surface area (Å²) in [6.45, 7) is 5.66. The number of hydrogen-bond acceptors (Lipinski definition) is 2. The van der Waals surface area contributed by atoms with E-state index in [-0.39, 0.29) is 0 Å². The van der Waals surface area contributed by atoms with E-state index in [1.165, 1.54) is 25.1 Å². The first-order valence-corrected chi connectivity index (χ1v) is 5.80. The summed E-state index contributed by atoms with van der Waals surface area (Å²) in [6.07, 6.45) is 7.61. The molecule has 0 aromatic rings. The molecule has 80 valence electrons. The molecule has 1 aliphatic carbocycles. The van der Waals surface area contributed by atoms with Crippen molar-refractivity contribution in [1.82, 2.24) is 4.90 Å². The van der Waals surface area contributed by atoms with E-state index >= 15 is 0 Å². The van der Waals surface area contributed by atoms with Crippen molar-refractivity contribution in [3.05, 3.63) is 23.3 Å². The third-order valence-corrected chi connectivity index (χ3v) is 3.30. The Hall–Kier alpha value is -1.07. The van der Waals surface area contributed by atoms with Crippen LogP contribution in [0.3, 0.4) is 0 Å². The third kappa shape index (κ3) is 2.49. The minimum atomic E-state index is 0.823. The molecule has 0 N–H and O–H groups in total. The lowest BCUT2D eigenvalue weighted by Crippen LogP contribution is -2.23. The lowest BCUT2D eigenvalue weighted by atomic mass is 9.98. The molecule has 0 aromatic carbocycles. The van der Waals surface area contributed by atoms with Crippen LogP contribution in [0.1, 0.15) is 26.2 Å². The Balaban J connectivity index is 2.01. The van der Waals surface area contributed by atoms with Crippen molar-refractivity contribution in [2.45, 2.75) is 26.2 Å². The fourth-order valence-electron chi connectivity index (χ4n) is 2.40. The second kappa shape index (κ2) is 4.63. The van der Waals surface area contributed by atoms with Gasteiger partial charge in [0.15, 0.2) is 0 Å². The fraction of sp³-hybridized carbons (Fsp3) is 0.615. The average molecular weight is 202 g/mol. The van der Waals surface area contributed by atoms with Gasteiger partial charge in [-0.3, -0.25) is 4.90 Å². The summed E-state index contributed by atoms with van der Waals surface area (Å²) >= 11 is 0. The van der Waals surface area contributed by atoms with Gasteiger partial charge in [-0.05, 0) is 37.3 Å². The van der Waals surface area contributed by atoms with E-state index in [0.717, 1.165) is 30.9 Å². The van der Waals surface area contributed by atoms with Crippen LogP contribution in [0.25, 0.3) is 0 Å². The summed E-state index contributed by atoms with van der Waals surface area (Å²) in [5, 5.41) is 9.03. The van der Waals surface area contributed by atoms with Gasteiger partial charge in [0.25, 0.3) is 0 Å². The molecule has 0 amide bonds. The molecule has 2 heteroatoms. The number of allylic oxidation sites excluding steroid dienone is 2. The Kier molecular flexibility index (Phi) is 3.23. The van der Waals surface area contributed by atoms with Gasteiger partial charge in [0.1, 0.15) is 0 Å². The predicted molar refractivity (Wildman–Crippen MR) is 61.2 cm³/mol. The highest BCUT2D eigenvalue weighted by atomic mass is 15.1. The molecule has 0 aromatic heterocycles. The van der Waals surface area contributed by atoms with Crippen molar-refractivity contribution in [2.75, 3.05) is 19.6 Å². The number of rotatable bonds is 2. The van der Waals surface area contributed by atoms with Crippen molar-refractivity contribution in [3.63, 3.8) is 0 Å². The molecule has 2 rings (SSSR count). The summed E-state index contributed by atoms with van der Waals surface area (Å²) in [7, 11) is 0. The Morgan fingerprint density at radius 1 is 1.60 bits per heavy atom. The molecule has 1 fully saturated rings. The number of nitrogens with zero attached hydrogens (tertiary/aromatic N) is 2. The largest absolute Gasteiger partial charge is 0.299 e. The maximum atomic E-state index is 9.03. The van der Waals surface area contributed by atoms with Crippen molar-refractivity contribution in [1.29, 1.82) is 5.26 Å². The van der Waals surface area contributed by atoms with Crippen molar-refractivity contribution >= 4 is 0 Å². The standard InChI is InChI=1S/C13H18N2/c1-11-6-7-15(9-11)10-13-5-3-2-4-12(13)8-14/h3,5,11H,2,4,6-7,9-10H2,1H3. The van der Waals surface area contributed by atoms with Crippen LogP contribution >= 0.6 is 0 Å². The van der Waals surface area contributed by atoms with Crippen LogP contribution in [0.5, 0.6) is 0 Å². The van der Waals surface area contributed by atoms with Gasteiger partial charge in [-0.15, -0.1) is 0 Å². The highest BCUT2D eigenvalue weighted by Gasteiger charge is 2.20. The van der Waals surface area contributed by atoms with Gasteiger partial charge in [-0.1, -0.05) is 19.1 Å². The molecule has 0 saturated carbocycles. The van der Waals surface area contributed by atoms with E-state index in [2.05, 4.69) is 30.0 Å². The SMILES string of the molecule is CC1CCN(CC2=C(C#N)CCC=C2)C1. The Morgan fingerprint density at radius 2 is 2.47 bits per heavy atom. The molecule has 1 unspecified atom stereocenters. The highest BCUT2D eigenvalue weighted by Crippen LogP contribution is 2.22. The average Bonchev–Trinajstić information content (AvgIpc) is 2.65. The smallest absolute Gasteiger partial charge is 0.0950 e. The zero-order valence-electron chi connectivity index (χ0n) is 9.37. The molecule has 2 nitrogen and oxygen atoms in total. The third-order valence-electron chi connectivity index (χ3n) is 3.30. The van der Waals surface area contributed by atoms with E-state index in [1.54, 1.807) is 0 Å². The molecule has 2 aliphatic rings. The number of likely N-dealkylation sites (tertiary alicyclic amines) is 1. The molecule has 1 saturated heterocycles. The monoisotopic (exact) mass is 202 g/mol. The quantitative estimate of drug-likeness (QED) is 0.688. The van der Waals surface area contributed by atoms with Gasteiger partial charge in [0.2, 0.25) is 0 Å². The minimum Gasteiger partial charge on any atom is -0.299 e. The highest BCUT2D eigenvalue weighted by molar-refractivity contribution is 5.38. The fourth-order valence-corrected chi connectivity index (χ4v) is 2.40. The number of hydrogen-bond donors (Lipinski definition) is 0. The Bertz CT molecular complexity index is 333. The van der Waals surface area contributed by atoms with Gasteiger partial charge in [0.05, 0.1) is 6.07 Å². The zero-order chi connectivity index (χ0) is 10.7. The van der Waals surface area contributed by atoms with E-state index in [1.807, 2.05) is 0 Å². The van der Waals surface area contributed by atoms with Crippen LogP contribution in [-0.4, -0.2) is 24.5 Å². The summed E-state index contributed by atoms with van der Waals surface area (Å²) in [5.74, 6) is 0.823. The topological polar surface area (TPSA) is 27.0 Å². The van der Waals surface area contributed by atoms with Crippen molar-refractivity contribution in [2.24, 2.45) is 5.92 Å². The molecule has 1 heterocycles. The van der Waals surface area contributed by atoms with Gasteiger partial charge in [-0.2, -0.15) is 5.26 Å². The van der Waals surface area contributed by atoms with Crippen LogP contribution in [0, 0.1) is 17.2 Å². The van der Waals surface area contributed by atoms with Crippen LogP contribution in [0.15, 0.2) is 23.3 Å². The minimum absolute atomic E-state index is 0.823. The number of nitriles is 1. The van der Waals surface area contributed by atoms with Crippen LogP contribution < -0.4 is 0 Å². The molecular formula is C13H18N2. The van der Waals surface area contributed by atoms with Crippen LogP contribution in [0.4, 0.5) is 0 Å². The van der Waals surface area contributed by atoms with E-state index in [4.69, 9.17) is 5.26 Å². The predicted octanol–water partition coefficient (Wildman–Crippen LogP) is 2.50. The molecule has 1 aliphatic heterocycles. The first-order chi connectivity index (χ1) is 7.29. The maximum absolute atomic E-state index is 9.03. The lowest BCUT2D eigenvalue weighted by Gasteiger charge is -2.18. The first-order valence-electron chi connectivity index (χ1n) is 5.80. The molecular weight excluding hydrogens is 184 g/mol. The summed E-state index contributed by atoms with van der Waals surface area (Å²) < 4.78 is 0.